The van der Waals surface area contributed by atoms with Crippen LogP contribution in [0.5, 0.6) is 0 Å². The molecule has 0 aliphatic rings. The van der Waals surface area contributed by atoms with Gasteiger partial charge in [-0.3, -0.25) is 0 Å². The van der Waals surface area contributed by atoms with Crippen molar-refractivity contribution in [3.8, 4) is 0 Å². The molecule has 0 spiro atoms. The number of imidazole rings is 1. The van der Waals surface area contributed by atoms with E-state index < -0.39 is 0 Å². The van der Waals surface area contributed by atoms with Gasteiger partial charge in [0.1, 0.15) is 11.3 Å². The molecule has 0 aliphatic heterocycles. The van der Waals surface area contributed by atoms with E-state index in [2.05, 4.69) is 41.7 Å². The van der Waals surface area contributed by atoms with E-state index >= 15 is 0 Å². The fourth-order valence-corrected chi connectivity index (χ4v) is 3.35. The quantitative estimate of drug-likeness (QED) is 0.535. The number of rotatable bonds is 10. The van der Waals surface area contributed by atoms with Crippen molar-refractivity contribution in [1.82, 2.24) is 19.9 Å². The number of nitrogens with zero attached hydrogens (tertiary/aromatic N) is 3. The third-order valence-electron chi connectivity index (χ3n) is 4.70. The van der Waals surface area contributed by atoms with Gasteiger partial charge in [-0.1, -0.05) is 45.4 Å². The number of aryl methyl sites for hydroxylation is 1. The third-order valence-corrected chi connectivity index (χ3v) is 4.70. The molecule has 0 atom stereocenters. The van der Waals surface area contributed by atoms with E-state index in [1.54, 1.807) is 0 Å². The van der Waals surface area contributed by atoms with Crippen LogP contribution in [0.4, 0.5) is 5.82 Å². The zero-order valence-electron chi connectivity index (χ0n) is 16.7. The van der Waals surface area contributed by atoms with Crippen molar-refractivity contribution in [3.05, 3.63) is 30.1 Å². The van der Waals surface area contributed by atoms with Crippen molar-refractivity contribution in [3.63, 3.8) is 0 Å². The molecule has 0 amide bonds. The topological polar surface area (TPSA) is 78.0 Å². The molecule has 6 nitrogen and oxygen atoms in total. The molecule has 0 fully saturated rings. The Balaban J connectivity index is 1.88. The largest absolute Gasteiger partial charge is 0.382 e. The number of fused-ring (bicyclic) bond motifs is 3. The number of ether oxygens (including phenoxy) is 1. The van der Waals surface area contributed by atoms with Crippen LogP contribution in [0.2, 0.25) is 0 Å². The maximum Gasteiger partial charge on any atom is 0.152 e. The van der Waals surface area contributed by atoms with Gasteiger partial charge in [-0.05, 0) is 12.5 Å². The van der Waals surface area contributed by atoms with Crippen LogP contribution in [0.15, 0.2) is 24.3 Å². The van der Waals surface area contributed by atoms with Crippen molar-refractivity contribution in [2.45, 2.75) is 52.6 Å². The van der Waals surface area contributed by atoms with Gasteiger partial charge in [-0.2, -0.15) is 0 Å². The highest BCUT2D eigenvalue weighted by molar-refractivity contribution is 6.06. The van der Waals surface area contributed by atoms with Gasteiger partial charge in [0.15, 0.2) is 5.82 Å². The molecule has 0 radical (unpaired) electrons. The zero-order valence-corrected chi connectivity index (χ0v) is 16.7. The van der Waals surface area contributed by atoms with Crippen molar-refractivity contribution >= 4 is 27.8 Å². The highest BCUT2D eigenvalue weighted by Gasteiger charge is 2.16. The number of unbranched alkanes of at least 4 members (excludes halogenated alkanes) is 1. The lowest BCUT2D eigenvalue weighted by Gasteiger charge is -2.12. The number of pyridine rings is 1. The van der Waals surface area contributed by atoms with E-state index in [0.717, 1.165) is 60.1 Å². The van der Waals surface area contributed by atoms with Crippen LogP contribution in [0.3, 0.4) is 0 Å². The van der Waals surface area contributed by atoms with Crippen LogP contribution in [-0.2, 0) is 17.7 Å². The Labute approximate surface area is 161 Å². The zero-order chi connectivity index (χ0) is 19.2. The minimum absolute atomic E-state index is 0.480. The molecule has 2 aromatic heterocycles. The highest BCUT2D eigenvalue weighted by Crippen LogP contribution is 2.29. The molecule has 3 rings (SSSR count). The van der Waals surface area contributed by atoms with Gasteiger partial charge < -0.3 is 20.4 Å². The number of para-hydroxylation sites is 1. The van der Waals surface area contributed by atoms with E-state index in [1.165, 1.54) is 0 Å². The SMILES string of the molecule is CCCCc1nc2c(N)nc3ccccc3c2n1CCOCCNC(C)C. The summed E-state index contributed by atoms with van der Waals surface area (Å²) in [6.07, 6.45) is 3.18. The van der Waals surface area contributed by atoms with Crippen LogP contribution in [0.1, 0.15) is 39.4 Å². The predicted octanol–water partition coefficient (Wildman–Crippen LogP) is 3.52. The Morgan fingerprint density at radius 3 is 2.78 bits per heavy atom. The number of hydrogen-bond donors (Lipinski definition) is 2. The lowest BCUT2D eigenvalue weighted by Crippen LogP contribution is -2.27. The first-order valence-electron chi connectivity index (χ1n) is 9.96. The monoisotopic (exact) mass is 369 g/mol. The number of nitrogens with two attached hydrogens (primary N) is 1. The van der Waals surface area contributed by atoms with Gasteiger partial charge in [-0.25, -0.2) is 9.97 Å². The minimum Gasteiger partial charge on any atom is -0.382 e. The summed E-state index contributed by atoms with van der Waals surface area (Å²) in [6.45, 7) is 9.47. The van der Waals surface area contributed by atoms with Crippen LogP contribution in [0.25, 0.3) is 21.9 Å². The first kappa shape index (κ1) is 19.6. The van der Waals surface area contributed by atoms with Gasteiger partial charge in [-0.15, -0.1) is 0 Å². The summed E-state index contributed by atoms with van der Waals surface area (Å²) >= 11 is 0. The Hall–Kier alpha value is -2.18. The van der Waals surface area contributed by atoms with Gasteiger partial charge >= 0.3 is 0 Å². The van der Waals surface area contributed by atoms with Crippen LogP contribution in [-0.4, -0.2) is 40.3 Å². The fourth-order valence-electron chi connectivity index (χ4n) is 3.35. The first-order chi connectivity index (χ1) is 13.1. The minimum atomic E-state index is 0.480. The molecule has 0 unspecified atom stereocenters. The first-order valence-corrected chi connectivity index (χ1v) is 9.96. The summed E-state index contributed by atoms with van der Waals surface area (Å²) in [6, 6.07) is 8.61. The Morgan fingerprint density at radius 2 is 2.00 bits per heavy atom. The molecule has 27 heavy (non-hydrogen) atoms. The average molecular weight is 370 g/mol. The van der Waals surface area contributed by atoms with Gasteiger partial charge in [0.05, 0.1) is 24.2 Å². The maximum atomic E-state index is 6.23. The second-order valence-corrected chi connectivity index (χ2v) is 7.22. The van der Waals surface area contributed by atoms with E-state index in [-0.39, 0.29) is 0 Å². The molecule has 3 aromatic rings. The highest BCUT2D eigenvalue weighted by atomic mass is 16.5. The van der Waals surface area contributed by atoms with Crippen molar-refractivity contribution < 1.29 is 4.74 Å². The van der Waals surface area contributed by atoms with Crippen LogP contribution >= 0.6 is 0 Å². The number of aromatic nitrogens is 3. The lowest BCUT2D eigenvalue weighted by molar-refractivity contribution is 0.127. The van der Waals surface area contributed by atoms with E-state index in [9.17, 15) is 0 Å². The van der Waals surface area contributed by atoms with Crippen LogP contribution < -0.4 is 11.1 Å². The molecule has 146 valence electrons. The normalized spacial score (nSPS) is 11.9. The third kappa shape index (κ3) is 4.57. The Morgan fingerprint density at radius 1 is 1.19 bits per heavy atom. The molecule has 6 heteroatoms. The van der Waals surface area contributed by atoms with Crippen molar-refractivity contribution in [1.29, 1.82) is 0 Å². The number of nitrogen functional groups attached to an aromatic ring is 1. The van der Waals surface area contributed by atoms with Gasteiger partial charge in [0.25, 0.3) is 0 Å². The molecule has 2 heterocycles. The van der Waals surface area contributed by atoms with E-state index in [0.29, 0.717) is 25.1 Å². The molecule has 3 N–H and O–H groups in total. The number of anilines is 1. The number of nitrogens with one attached hydrogen (secondary N) is 1. The van der Waals surface area contributed by atoms with E-state index in [4.69, 9.17) is 15.5 Å². The fraction of sp³-hybridized carbons (Fsp3) is 0.524. The molecule has 1 aromatic carbocycles. The summed E-state index contributed by atoms with van der Waals surface area (Å²) in [7, 11) is 0. The van der Waals surface area contributed by atoms with Gasteiger partial charge in [0.2, 0.25) is 0 Å². The average Bonchev–Trinajstić information content (AvgIpc) is 3.02. The predicted molar refractivity (Wildman–Crippen MR) is 112 cm³/mol. The van der Waals surface area contributed by atoms with E-state index in [1.807, 2.05) is 18.2 Å². The molecule has 0 saturated carbocycles. The maximum absolute atomic E-state index is 6.23. The Bertz CT molecular complexity index is 887. The molecule has 0 bridgehead atoms. The summed E-state index contributed by atoms with van der Waals surface area (Å²) in [4.78, 5) is 9.38. The standard InChI is InChI=1S/C21H31N5O/c1-4-5-10-18-25-19-20(16-8-6-7-9-17(16)24-21(19)22)26(18)12-14-27-13-11-23-15(2)3/h6-9,15,23H,4-5,10-14H2,1-3H3,(H2,22,24). The Kier molecular flexibility index (Phi) is 6.63. The number of hydrogen-bond acceptors (Lipinski definition) is 5. The molecular weight excluding hydrogens is 338 g/mol. The summed E-state index contributed by atoms with van der Waals surface area (Å²) in [5.74, 6) is 1.57. The lowest BCUT2D eigenvalue weighted by atomic mass is 10.2. The smallest absolute Gasteiger partial charge is 0.152 e. The van der Waals surface area contributed by atoms with Crippen molar-refractivity contribution in [2.24, 2.45) is 0 Å². The second kappa shape index (κ2) is 9.15. The van der Waals surface area contributed by atoms with Crippen LogP contribution in [0, 0.1) is 0 Å². The number of benzene rings is 1. The molecule has 0 saturated heterocycles. The molecule has 0 aliphatic carbocycles. The summed E-state index contributed by atoms with van der Waals surface area (Å²) in [5.41, 5.74) is 9.02. The van der Waals surface area contributed by atoms with Crippen molar-refractivity contribution in [2.75, 3.05) is 25.5 Å². The van der Waals surface area contributed by atoms with Gasteiger partial charge in [0, 0.05) is 30.9 Å². The summed E-state index contributed by atoms with van der Waals surface area (Å²) in [5, 5.41) is 4.47. The second-order valence-electron chi connectivity index (χ2n) is 7.22. The molecular formula is C21H31N5O. The summed E-state index contributed by atoms with van der Waals surface area (Å²) < 4.78 is 8.13.